The van der Waals surface area contributed by atoms with Crippen molar-refractivity contribution in [2.24, 2.45) is 5.84 Å². The molecule has 5 N–H and O–H groups in total. The maximum atomic E-state index is 8.90. The third kappa shape index (κ3) is 3.58. The van der Waals surface area contributed by atoms with Crippen molar-refractivity contribution in [3.8, 4) is 0 Å². The number of nitrogens with zero attached hydrogens (tertiary/aromatic N) is 2. The second kappa shape index (κ2) is 6.62. The molecule has 0 bridgehead atoms. The van der Waals surface area contributed by atoms with Gasteiger partial charge in [-0.25, -0.2) is 10.8 Å². The quantitative estimate of drug-likeness (QED) is 0.463. The van der Waals surface area contributed by atoms with E-state index in [0.29, 0.717) is 18.2 Å². The molecule has 0 saturated carbocycles. The van der Waals surface area contributed by atoms with E-state index < -0.39 is 0 Å². The molecule has 1 unspecified atom stereocenters. The summed E-state index contributed by atoms with van der Waals surface area (Å²) in [6, 6.07) is 0.182. The van der Waals surface area contributed by atoms with Crippen molar-refractivity contribution >= 4 is 27.7 Å². The van der Waals surface area contributed by atoms with E-state index in [1.54, 1.807) is 6.20 Å². The summed E-state index contributed by atoms with van der Waals surface area (Å²) in [5.41, 5.74) is 2.39. The van der Waals surface area contributed by atoms with E-state index in [2.05, 4.69) is 36.6 Å². The summed E-state index contributed by atoms with van der Waals surface area (Å²) in [7, 11) is 0. The first-order valence-electron chi connectivity index (χ1n) is 5.07. The van der Waals surface area contributed by atoms with E-state index in [1.165, 1.54) is 0 Å². The maximum absolute atomic E-state index is 8.90. The van der Waals surface area contributed by atoms with Crippen LogP contribution in [0, 0.1) is 0 Å². The Bertz CT molecular complexity index is 336. The molecule has 0 aromatic carbocycles. The normalized spacial score (nSPS) is 12.2. The predicted molar refractivity (Wildman–Crippen MR) is 66.9 cm³/mol. The molecule has 16 heavy (non-hydrogen) atoms. The molecule has 0 fully saturated rings. The van der Waals surface area contributed by atoms with Crippen molar-refractivity contribution in [3.05, 3.63) is 10.7 Å². The average molecular weight is 290 g/mol. The standard InChI is InChI=1S/C9H16BrN5O/c1-2-6(3-4-16)13-8-7(10)5-12-9(14-8)15-11/h5-6,16H,2-4,11H2,1H3,(H2,12,13,14,15). The first-order valence-corrected chi connectivity index (χ1v) is 5.87. The first kappa shape index (κ1) is 13.1. The van der Waals surface area contributed by atoms with E-state index >= 15 is 0 Å². The van der Waals surface area contributed by atoms with Gasteiger partial charge in [-0.3, -0.25) is 5.43 Å². The van der Waals surface area contributed by atoms with Gasteiger partial charge in [0.25, 0.3) is 0 Å². The zero-order valence-corrected chi connectivity index (χ0v) is 10.7. The third-order valence-corrected chi connectivity index (χ3v) is 2.76. The van der Waals surface area contributed by atoms with Gasteiger partial charge in [-0.1, -0.05) is 6.92 Å². The van der Waals surface area contributed by atoms with Crippen LogP contribution >= 0.6 is 15.9 Å². The molecule has 0 aliphatic rings. The minimum Gasteiger partial charge on any atom is -0.396 e. The van der Waals surface area contributed by atoms with Crippen LogP contribution in [0.1, 0.15) is 19.8 Å². The van der Waals surface area contributed by atoms with E-state index in [0.717, 1.165) is 10.9 Å². The Hall–Kier alpha value is -0.920. The van der Waals surface area contributed by atoms with Crippen molar-refractivity contribution in [1.82, 2.24) is 9.97 Å². The fourth-order valence-electron chi connectivity index (χ4n) is 1.27. The van der Waals surface area contributed by atoms with Gasteiger partial charge in [0.15, 0.2) is 0 Å². The zero-order valence-electron chi connectivity index (χ0n) is 9.07. The number of hydrogen-bond donors (Lipinski definition) is 4. The lowest BCUT2D eigenvalue weighted by atomic mass is 10.1. The summed E-state index contributed by atoms with van der Waals surface area (Å²) in [4.78, 5) is 8.13. The van der Waals surface area contributed by atoms with Crippen LogP contribution in [0.15, 0.2) is 10.7 Å². The molecule has 0 spiro atoms. The highest BCUT2D eigenvalue weighted by Crippen LogP contribution is 2.21. The SMILES string of the molecule is CCC(CCO)Nc1nc(NN)ncc1Br. The Morgan fingerprint density at radius 3 is 2.94 bits per heavy atom. The molecular weight excluding hydrogens is 274 g/mol. The van der Waals surface area contributed by atoms with E-state index in [9.17, 15) is 0 Å². The van der Waals surface area contributed by atoms with Gasteiger partial charge in [0, 0.05) is 18.8 Å². The number of nitrogens with two attached hydrogens (primary N) is 1. The lowest BCUT2D eigenvalue weighted by Gasteiger charge is -2.17. The molecule has 0 amide bonds. The lowest BCUT2D eigenvalue weighted by Crippen LogP contribution is -2.21. The van der Waals surface area contributed by atoms with Gasteiger partial charge in [0.05, 0.1) is 4.47 Å². The smallest absolute Gasteiger partial charge is 0.239 e. The van der Waals surface area contributed by atoms with Crippen molar-refractivity contribution in [1.29, 1.82) is 0 Å². The molecule has 0 saturated heterocycles. The van der Waals surface area contributed by atoms with Gasteiger partial charge in [-0.2, -0.15) is 4.98 Å². The maximum Gasteiger partial charge on any atom is 0.239 e. The molecule has 0 radical (unpaired) electrons. The monoisotopic (exact) mass is 289 g/mol. The molecule has 0 aliphatic heterocycles. The molecule has 6 nitrogen and oxygen atoms in total. The van der Waals surface area contributed by atoms with Crippen molar-refractivity contribution < 1.29 is 5.11 Å². The average Bonchev–Trinajstić information content (AvgIpc) is 2.31. The first-order chi connectivity index (χ1) is 7.71. The van der Waals surface area contributed by atoms with E-state index in [4.69, 9.17) is 10.9 Å². The highest BCUT2D eigenvalue weighted by Gasteiger charge is 2.10. The number of nitrogen functional groups attached to an aromatic ring is 1. The fourth-order valence-corrected chi connectivity index (χ4v) is 1.57. The number of hydrogen-bond acceptors (Lipinski definition) is 6. The summed E-state index contributed by atoms with van der Waals surface area (Å²) in [5.74, 6) is 6.25. The number of anilines is 2. The van der Waals surface area contributed by atoms with Crippen LogP contribution < -0.4 is 16.6 Å². The van der Waals surface area contributed by atoms with Gasteiger partial charge in [0.2, 0.25) is 5.95 Å². The molecule has 7 heteroatoms. The summed E-state index contributed by atoms with van der Waals surface area (Å²) >= 11 is 3.35. The molecule has 1 atom stereocenters. The lowest BCUT2D eigenvalue weighted by molar-refractivity contribution is 0.278. The van der Waals surface area contributed by atoms with Crippen molar-refractivity contribution in [2.45, 2.75) is 25.8 Å². The van der Waals surface area contributed by atoms with Gasteiger partial charge >= 0.3 is 0 Å². The molecule has 1 aromatic rings. The highest BCUT2D eigenvalue weighted by atomic mass is 79.9. The van der Waals surface area contributed by atoms with Crippen molar-refractivity contribution in [3.63, 3.8) is 0 Å². The van der Waals surface area contributed by atoms with Gasteiger partial charge in [0.1, 0.15) is 5.82 Å². The number of aromatic nitrogens is 2. The van der Waals surface area contributed by atoms with Crippen LogP contribution in [-0.2, 0) is 0 Å². The van der Waals surface area contributed by atoms with Crippen LogP contribution in [0.3, 0.4) is 0 Å². The van der Waals surface area contributed by atoms with Gasteiger partial charge in [-0.15, -0.1) is 0 Å². The number of aliphatic hydroxyl groups is 1. The Balaban J connectivity index is 2.77. The number of hydrazine groups is 1. The molecular formula is C9H16BrN5O. The van der Waals surface area contributed by atoms with Crippen LogP contribution in [-0.4, -0.2) is 27.7 Å². The Morgan fingerprint density at radius 2 is 2.38 bits per heavy atom. The Morgan fingerprint density at radius 1 is 1.62 bits per heavy atom. The third-order valence-electron chi connectivity index (χ3n) is 2.18. The Kier molecular flexibility index (Phi) is 5.44. The summed E-state index contributed by atoms with van der Waals surface area (Å²) in [5, 5.41) is 12.1. The number of halogens is 1. The molecule has 0 aliphatic carbocycles. The summed E-state index contributed by atoms with van der Waals surface area (Å²) in [6.45, 7) is 2.20. The number of rotatable bonds is 6. The summed E-state index contributed by atoms with van der Waals surface area (Å²) in [6.07, 6.45) is 3.21. The Labute approximate surface area is 103 Å². The van der Waals surface area contributed by atoms with Crippen LogP contribution in [0.25, 0.3) is 0 Å². The number of nitrogens with one attached hydrogen (secondary N) is 2. The number of aliphatic hydroxyl groups excluding tert-OH is 1. The summed E-state index contributed by atoms with van der Waals surface area (Å²) < 4.78 is 0.767. The van der Waals surface area contributed by atoms with Crippen LogP contribution in [0.2, 0.25) is 0 Å². The van der Waals surface area contributed by atoms with Crippen molar-refractivity contribution in [2.75, 3.05) is 17.3 Å². The highest BCUT2D eigenvalue weighted by molar-refractivity contribution is 9.10. The minimum atomic E-state index is 0.149. The fraction of sp³-hybridized carbons (Fsp3) is 0.556. The molecule has 90 valence electrons. The van der Waals surface area contributed by atoms with E-state index in [1.807, 2.05) is 6.92 Å². The molecule has 1 rings (SSSR count). The topological polar surface area (TPSA) is 96.1 Å². The minimum absolute atomic E-state index is 0.149. The van der Waals surface area contributed by atoms with Gasteiger partial charge in [-0.05, 0) is 28.8 Å². The molecule has 1 aromatic heterocycles. The second-order valence-corrected chi connectivity index (χ2v) is 4.15. The van der Waals surface area contributed by atoms with E-state index in [-0.39, 0.29) is 12.6 Å². The largest absolute Gasteiger partial charge is 0.396 e. The van der Waals surface area contributed by atoms with Crippen LogP contribution in [0.4, 0.5) is 11.8 Å². The zero-order chi connectivity index (χ0) is 12.0. The van der Waals surface area contributed by atoms with Crippen LogP contribution in [0.5, 0.6) is 0 Å². The predicted octanol–water partition coefficient (Wildman–Crippen LogP) is 1.10. The van der Waals surface area contributed by atoms with Gasteiger partial charge < -0.3 is 10.4 Å². The second-order valence-electron chi connectivity index (χ2n) is 3.30. The molecule has 1 heterocycles.